The highest BCUT2D eigenvalue weighted by molar-refractivity contribution is 6.32. The molecule has 0 aliphatic carbocycles. The fourth-order valence-electron chi connectivity index (χ4n) is 1.79. The number of alkyl halides is 3. The molecule has 0 saturated carbocycles. The van der Waals surface area contributed by atoms with Gasteiger partial charge in [-0.2, -0.15) is 13.2 Å². The van der Waals surface area contributed by atoms with Crippen LogP contribution in [0.15, 0.2) is 47.4 Å². The van der Waals surface area contributed by atoms with Crippen molar-refractivity contribution in [2.45, 2.75) is 13.1 Å². The molecule has 0 unspecified atom stereocenters. The minimum atomic E-state index is -4.54. The molecule has 0 bridgehead atoms. The van der Waals surface area contributed by atoms with Crippen LogP contribution in [0, 0.1) is 0 Å². The number of aromatic nitrogens is 1. The zero-order chi connectivity index (χ0) is 15.6. The van der Waals surface area contributed by atoms with Crippen molar-refractivity contribution >= 4 is 28.3 Å². The maximum atomic E-state index is 12.8. The first-order valence-corrected chi connectivity index (χ1v) is 6.37. The van der Waals surface area contributed by atoms with E-state index < -0.39 is 16.8 Å². The van der Waals surface area contributed by atoms with Crippen LogP contribution in [-0.2, 0) is 6.18 Å². The van der Waals surface area contributed by atoms with Gasteiger partial charge >= 0.3 is 6.18 Å². The fraction of sp³-hybridized carbons (Fsp3) is 0.133. The van der Waals surface area contributed by atoms with Gasteiger partial charge in [-0.3, -0.25) is 0 Å². The quantitative estimate of drug-likeness (QED) is 0.685. The predicted octanol–water partition coefficient (Wildman–Crippen LogP) is 5.65. The summed E-state index contributed by atoms with van der Waals surface area (Å²) >= 11 is 5.65. The lowest BCUT2D eigenvalue weighted by atomic mass is 10.2. The monoisotopic (exact) mass is 313 g/mol. The molecule has 0 fully saturated rings. The summed E-state index contributed by atoms with van der Waals surface area (Å²) in [5.41, 5.74) is -0.0447. The highest BCUT2D eigenvalue weighted by Gasteiger charge is 2.34. The third-order valence-corrected chi connectivity index (χ3v) is 2.99. The number of benzene rings is 1. The van der Waals surface area contributed by atoms with Crippen molar-refractivity contribution in [2.24, 2.45) is 0 Å². The van der Waals surface area contributed by atoms with Gasteiger partial charge in [0.1, 0.15) is 5.52 Å². The molecule has 21 heavy (non-hydrogen) atoms. The number of allylic oxidation sites excluding steroid dienone is 5. The Kier molecular flexibility index (Phi) is 4.23. The van der Waals surface area contributed by atoms with E-state index in [1.807, 2.05) is 0 Å². The van der Waals surface area contributed by atoms with Gasteiger partial charge in [-0.05, 0) is 19.1 Å². The Hall–Kier alpha value is -2.01. The Morgan fingerprint density at radius 2 is 2.10 bits per heavy atom. The molecular weight excluding hydrogens is 303 g/mol. The van der Waals surface area contributed by atoms with Crippen LogP contribution in [-0.4, -0.2) is 4.98 Å². The minimum Gasteiger partial charge on any atom is -0.436 e. The lowest BCUT2D eigenvalue weighted by molar-refractivity contribution is -0.137. The molecular formula is C15H11ClF3NO. The summed E-state index contributed by atoms with van der Waals surface area (Å²) in [4.78, 5) is 4.15. The molecule has 1 heterocycles. The van der Waals surface area contributed by atoms with E-state index in [2.05, 4.69) is 11.6 Å². The molecule has 0 aliphatic heterocycles. The van der Waals surface area contributed by atoms with E-state index >= 15 is 0 Å². The van der Waals surface area contributed by atoms with E-state index in [1.165, 1.54) is 0 Å². The molecule has 0 N–H and O–H groups in total. The number of fused-ring (bicyclic) bond motifs is 1. The van der Waals surface area contributed by atoms with Gasteiger partial charge in [-0.1, -0.05) is 42.5 Å². The first-order valence-electron chi connectivity index (χ1n) is 6.00. The number of rotatable bonds is 3. The summed E-state index contributed by atoms with van der Waals surface area (Å²) in [6.45, 7) is 5.38. The maximum Gasteiger partial charge on any atom is 0.417 e. The molecule has 0 aliphatic rings. The van der Waals surface area contributed by atoms with Crippen molar-refractivity contribution < 1.29 is 17.6 Å². The maximum absolute atomic E-state index is 12.8. The van der Waals surface area contributed by atoms with Crippen molar-refractivity contribution in [3.05, 3.63) is 59.5 Å². The van der Waals surface area contributed by atoms with Crippen LogP contribution < -0.4 is 0 Å². The molecule has 0 amide bonds. The van der Waals surface area contributed by atoms with Gasteiger partial charge in [0.2, 0.25) is 5.89 Å². The van der Waals surface area contributed by atoms with Crippen LogP contribution in [0.3, 0.4) is 0 Å². The Morgan fingerprint density at radius 1 is 1.38 bits per heavy atom. The fourth-order valence-corrected chi connectivity index (χ4v) is 2.06. The minimum absolute atomic E-state index is 0.0289. The summed E-state index contributed by atoms with van der Waals surface area (Å²) in [6.07, 6.45) is 2.13. The highest BCUT2D eigenvalue weighted by atomic mass is 35.5. The van der Waals surface area contributed by atoms with Crippen molar-refractivity contribution in [3.8, 4) is 0 Å². The molecule has 2 nitrogen and oxygen atoms in total. The molecule has 110 valence electrons. The topological polar surface area (TPSA) is 26.0 Å². The van der Waals surface area contributed by atoms with Gasteiger partial charge in [-0.25, -0.2) is 4.98 Å². The third-order valence-electron chi connectivity index (χ3n) is 2.67. The molecule has 6 heteroatoms. The van der Waals surface area contributed by atoms with E-state index in [-0.39, 0.29) is 17.0 Å². The zero-order valence-electron chi connectivity index (χ0n) is 11.0. The summed E-state index contributed by atoms with van der Waals surface area (Å²) in [5.74, 6) is 0.207. The summed E-state index contributed by atoms with van der Waals surface area (Å²) < 4.78 is 43.8. The van der Waals surface area contributed by atoms with Gasteiger partial charge < -0.3 is 4.42 Å². The number of hydrogen-bond acceptors (Lipinski definition) is 2. The predicted molar refractivity (Wildman–Crippen MR) is 77.0 cm³/mol. The Morgan fingerprint density at radius 3 is 2.67 bits per heavy atom. The Labute approximate surface area is 124 Å². The summed E-state index contributed by atoms with van der Waals surface area (Å²) in [6, 6.07) is 2.00. The van der Waals surface area contributed by atoms with Gasteiger partial charge in [0.25, 0.3) is 0 Å². The average Bonchev–Trinajstić information content (AvgIpc) is 2.79. The number of hydrogen-bond donors (Lipinski definition) is 0. The van der Waals surface area contributed by atoms with Gasteiger partial charge in [0, 0.05) is 5.57 Å². The van der Waals surface area contributed by atoms with Crippen LogP contribution >= 0.6 is 11.6 Å². The molecule has 0 radical (unpaired) electrons. The lowest BCUT2D eigenvalue weighted by Gasteiger charge is -2.07. The van der Waals surface area contributed by atoms with E-state index in [9.17, 15) is 13.2 Å². The van der Waals surface area contributed by atoms with Gasteiger partial charge in [-0.15, -0.1) is 0 Å². The first-order chi connectivity index (χ1) is 9.86. The standard InChI is InChI=1S/C15H11ClF3NO/c1-3-5-9(6-4-2)14-20-12-8-11(16)10(15(17,18)19)7-13(12)21-14/h3-8H,1H2,2H3/b6-4-,9-5+. The molecule has 1 aromatic carbocycles. The normalized spacial score (nSPS) is 13.3. The van der Waals surface area contributed by atoms with E-state index in [0.717, 1.165) is 12.1 Å². The smallest absolute Gasteiger partial charge is 0.417 e. The number of oxazole rings is 1. The Bertz CT molecular complexity index is 741. The van der Waals surface area contributed by atoms with Crippen molar-refractivity contribution in [1.82, 2.24) is 4.98 Å². The van der Waals surface area contributed by atoms with Crippen LogP contribution in [0.1, 0.15) is 18.4 Å². The highest BCUT2D eigenvalue weighted by Crippen LogP contribution is 2.37. The molecule has 0 atom stereocenters. The van der Waals surface area contributed by atoms with Crippen LogP contribution in [0.2, 0.25) is 5.02 Å². The van der Waals surface area contributed by atoms with E-state index in [0.29, 0.717) is 5.57 Å². The molecule has 1 aromatic heterocycles. The van der Waals surface area contributed by atoms with Gasteiger partial charge in [0.15, 0.2) is 5.58 Å². The SMILES string of the molecule is C=C/C=C(\C=C/C)c1nc2cc(Cl)c(C(F)(F)F)cc2o1. The summed E-state index contributed by atoms with van der Waals surface area (Å²) in [5, 5.41) is -0.407. The Balaban J connectivity index is 2.62. The molecule has 0 saturated heterocycles. The largest absolute Gasteiger partial charge is 0.436 e. The second-order valence-electron chi connectivity index (χ2n) is 4.17. The third kappa shape index (κ3) is 3.19. The lowest BCUT2D eigenvalue weighted by Crippen LogP contribution is -2.05. The van der Waals surface area contributed by atoms with Crippen LogP contribution in [0.25, 0.3) is 16.7 Å². The molecule has 2 rings (SSSR count). The van der Waals surface area contributed by atoms with Gasteiger partial charge in [0.05, 0.1) is 10.6 Å². The van der Waals surface area contributed by atoms with Crippen LogP contribution in [0.4, 0.5) is 13.2 Å². The number of halogens is 4. The van der Waals surface area contributed by atoms with Crippen LogP contribution in [0.5, 0.6) is 0 Å². The van der Waals surface area contributed by atoms with Crippen molar-refractivity contribution in [3.63, 3.8) is 0 Å². The van der Waals surface area contributed by atoms with E-state index in [4.69, 9.17) is 16.0 Å². The first kappa shape index (κ1) is 15.4. The van der Waals surface area contributed by atoms with E-state index in [1.54, 1.807) is 31.2 Å². The van der Waals surface area contributed by atoms with Crippen molar-refractivity contribution in [1.29, 1.82) is 0 Å². The second kappa shape index (κ2) is 5.77. The molecule has 2 aromatic rings. The second-order valence-corrected chi connectivity index (χ2v) is 4.58. The zero-order valence-corrected chi connectivity index (χ0v) is 11.8. The molecule has 0 spiro atoms. The summed E-state index contributed by atoms with van der Waals surface area (Å²) in [7, 11) is 0. The average molecular weight is 314 g/mol. The number of nitrogens with zero attached hydrogens (tertiary/aromatic N) is 1. The van der Waals surface area contributed by atoms with Crippen molar-refractivity contribution in [2.75, 3.05) is 0 Å².